The molecule has 3 N–H and O–H groups in total. The van der Waals surface area contributed by atoms with Crippen molar-refractivity contribution < 1.29 is 24.5 Å². The van der Waals surface area contributed by atoms with Gasteiger partial charge in [-0.25, -0.2) is 0 Å². The van der Waals surface area contributed by atoms with E-state index in [-0.39, 0.29) is 18.5 Å². The quantitative estimate of drug-likeness (QED) is 0.0320. The van der Waals surface area contributed by atoms with E-state index in [1.165, 1.54) is 347 Å². The number of aliphatic hydroxyl groups is 2. The molecule has 0 aromatic rings. The lowest BCUT2D eigenvalue weighted by Crippen LogP contribution is -2.45. The molecular formula is C80H151NO5. The van der Waals surface area contributed by atoms with E-state index in [4.69, 9.17) is 4.74 Å². The maximum Gasteiger partial charge on any atom is 0.305 e. The summed E-state index contributed by atoms with van der Waals surface area (Å²) in [4.78, 5) is 24.7. The lowest BCUT2D eigenvalue weighted by atomic mass is 10.0. The van der Waals surface area contributed by atoms with E-state index in [1.54, 1.807) is 6.08 Å². The summed E-state index contributed by atoms with van der Waals surface area (Å²) in [5, 5.41) is 23.3. The molecule has 0 aromatic carbocycles. The second-order valence-electron chi connectivity index (χ2n) is 26.7. The van der Waals surface area contributed by atoms with Crippen molar-refractivity contribution >= 4 is 11.9 Å². The van der Waals surface area contributed by atoms with Gasteiger partial charge in [-0.05, 0) is 89.9 Å². The van der Waals surface area contributed by atoms with Crippen LogP contribution in [0.2, 0.25) is 0 Å². The van der Waals surface area contributed by atoms with Crippen LogP contribution in [0.1, 0.15) is 425 Å². The number of rotatable bonds is 73. The number of carbonyl (C=O) groups is 2. The molecule has 506 valence electrons. The highest BCUT2D eigenvalue weighted by Crippen LogP contribution is 2.19. The second-order valence-corrected chi connectivity index (χ2v) is 26.7. The molecule has 0 radical (unpaired) electrons. The minimum Gasteiger partial charge on any atom is -0.466 e. The second kappa shape index (κ2) is 75.3. The number of amides is 1. The Balaban J connectivity index is 3.40. The van der Waals surface area contributed by atoms with Gasteiger partial charge in [0.15, 0.2) is 0 Å². The Kier molecular flexibility index (Phi) is 73.4. The molecule has 0 fully saturated rings. The number of nitrogens with one attached hydrogen (secondary N) is 1. The molecule has 0 heterocycles. The standard InChI is InChI=1S/C80H151NO5/c1-3-5-7-9-11-13-15-17-19-21-23-24-33-37-40-44-48-52-56-60-64-68-72-78(83)77(76-82)81-79(84)73-69-65-61-57-53-49-45-41-38-34-31-29-27-25-26-28-30-32-35-39-43-47-51-55-59-63-67-71-75-86-80(85)74-70-66-62-58-54-50-46-42-36-22-20-18-16-14-12-10-8-6-4-2/h12,14,18,20,25-26,68,72,77-78,82-83H,3-11,13,15-17,19,21-24,27-67,69-71,73-76H2,1-2H3,(H,81,84)/b14-12-,20-18-,26-25-,72-68+. The van der Waals surface area contributed by atoms with Crippen LogP contribution in [0.5, 0.6) is 0 Å². The fourth-order valence-electron chi connectivity index (χ4n) is 12.1. The monoisotopic (exact) mass is 1210 g/mol. The van der Waals surface area contributed by atoms with Crippen LogP contribution >= 0.6 is 0 Å². The van der Waals surface area contributed by atoms with Gasteiger partial charge in [0.25, 0.3) is 0 Å². The molecule has 0 aliphatic rings. The Morgan fingerprint density at radius 2 is 0.581 bits per heavy atom. The molecule has 6 nitrogen and oxygen atoms in total. The van der Waals surface area contributed by atoms with Gasteiger partial charge in [-0.1, -0.05) is 371 Å². The maximum absolute atomic E-state index is 12.5. The Morgan fingerprint density at radius 1 is 0.326 bits per heavy atom. The smallest absolute Gasteiger partial charge is 0.305 e. The fraction of sp³-hybridized carbons (Fsp3) is 0.875. The summed E-state index contributed by atoms with van der Waals surface area (Å²) in [6, 6.07) is -0.630. The minimum absolute atomic E-state index is 0.0122. The van der Waals surface area contributed by atoms with Gasteiger partial charge < -0.3 is 20.3 Å². The van der Waals surface area contributed by atoms with Gasteiger partial charge in [0.2, 0.25) is 5.91 Å². The van der Waals surface area contributed by atoms with Gasteiger partial charge in [0, 0.05) is 12.8 Å². The van der Waals surface area contributed by atoms with E-state index in [1.807, 2.05) is 6.08 Å². The Hall–Kier alpha value is -2.18. The molecule has 2 unspecified atom stereocenters. The van der Waals surface area contributed by atoms with Gasteiger partial charge in [0.1, 0.15) is 0 Å². The number of ether oxygens (including phenoxy) is 1. The molecule has 0 bridgehead atoms. The van der Waals surface area contributed by atoms with Crippen molar-refractivity contribution in [3.05, 3.63) is 48.6 Å². The maximum atomic E-state index is 12.5. The van der Waals surface area contributed by atoms with Crippen LogP contribution < -0.4 is 5.32 Å². The topological polar surface area (TPSA) is 95.9 Å². The zero-order valence-corrected chi connectivity index (χ0v) is 58.1. The molecular weight excluding hydrogens is 1050 g/mol. The summed E-state index contributed by atoms with van der Waals surface area (Å²) < 4.78 is 5.51. The first kappa shape index (κ1) is 83.8. The summed E-state index contributed by atoms with van der Waals surface area (Å²) in [6.07, 6.45) is 99.3. The Labute approximate surface area is 537 Å². The summed E-state index contributed by atoms with van der Waals surface area (Å²) in [5.74, 6) is -0.0517. The van der Waals surface area contributed by atoms with Crippen LogP contribution in [0.3, 0.4) is 0 Å². The highest BCUT2D eigenvalue weighted by Gasteiger charge is 2.18. The minimum atomic E-state index is -0.846. The van der Waals surface area contributed by atoms with Gasteiger partial charge in [-0.15, -0.1) is 0 Å². The van der Waals surface area contributed by atoms with Crippen molar-refractivity contribution in [1.82, 2.24) is 5.32 Å². The van der Waals surface area contributed by atoms with Crippen LogP contribution in [0.15, 0.2) is 48.6 Å². The predicted octanol–water partition coefficient (Wildman–Crippen LogP) is 25.6. The number of carbonyl (C=O) groups excluding carboxylic acids is 2. The van der Waals surface area contributed by atoms with Crippen LogP contribution in [0.4, 0.5) is 0 Å². The van der Waals surface area contributed by atoms with Crippen molar-refractivity contribution in [2.75, 3.05) is 13.2 Å². The summed E-state index contributed by atoms with van der Waals surface area (Å²) in [6.45, 7) is 4.92. The summed E-state index contributed by atoms with van der Waals surface area (Å²) >= 11 is 0. The first-order valence-corrected chi connectivity index (χ1v) is 38.9. The molecule has 0 rings (SSSR count). The average molecular weight is 1210 g/mol. The van der Waals surface area contributed by atoms with Crippen molar-refractivity contribution in [1.29, 1.82) is 0 Å². The third-order valence-electron chi connectivity index (χ3n) is 18.1. The number of hydrogen-bond acceptors (Lipinski definition) is 5. The molecule has 0 saturated carbocycles. The normalized spacial score (nSPS) is 12.7. The van der Waals surface area contributed by atoms with Gasteiger partial charge >= 0.3 is 5.97 Å². The number of aliphatic hydroxyl groups excluding tert-OH is 2. The zero-order valence-electron chi connectivity index (χ0n) is 58.1. The lowest BCUT2D eigenvalue weighted by Gasteiger charge is -2.20. The van der Waals surface area contributed by atoms with Crippen molar-refractivity contribution in [2.45, 2.75) is 437 Å². The first-order valence-electron chi connectivity index (χ1n) is 38.9. The van der Waals surface area contributed by atoms with Gasteiger partial charge in [-0.2, -0.15) is 0 Å². The SMILES string of the molecule is CCCCC/C=C\C/C=C\CCCCCCCCCCCC(=O)OCCCCCCCCCCCCCC/C=C\CCCCCCCCCCCCCCC(=O)NC(CO)C(O)/C=C/CCCCCCCCCCCCCCCCCCCCCC. The zero-order chi connectivity index (χ0) is 62.0. The predicted molar refractivity (Wildman–Crippen MR) is 379 cm³/mol. The Morgan fingerprint density at radius 3 is 0.919 bits per heavy atom. The van der Waals surface area contributed by atoms with E-state index < -0.39 is 12.1 Å². The number of allylic oxidation sites excluding steroid dienone is 7. The number of hydrogen-bond donors (Lipinski definition) is 3. The molecule has 2 atom stereocenters. The van der Waals surface area contributed by atoms with Crippen LogP contribution in [-0.2, 0) is 14.3 Å². The number of esters is 1. The van der Waals surface area contributed by atoms with Crippen molar-refractivity contribution in [3.63, 3.8) is 0 Å². The lowest BCUT2D eigenvalue weighted by molar-refractivity contribution is -0.143. The van der Waals surface area contributed by atoms with E-state index >= 15 is 0 Å². The van der Waals surface area contributed by atoms with Gasteiger partial charge in [0.05, 0.1) is 25.4 Å². The Bertz CT molecular complexity index is 1440. The molecule has 0 spiro atoms. The molecule has 0 saturated heterocycles. The average Bonchev–Trinajstić information content (AvgIpc) is 3.53. The molecule has 0 aromatic heterocycles. The van der Waals surface area contributed by atoms with Crippen LogP contribution in [0.25, 0.3) is 0 Å². The summed E-state index contributed by atoms with van der Waals surface area (Å²) in [7, 11) is 0. The van der Waals surface area contributed by atoms with Crippen LogP contribution in [-0.4, -0.2) is 47.4 Å². The van der Waals surface area contributed by atoms with E-state index in [0.717, 1.165) is 51.4 Å². The van der Waals surface area contributed by atoms with E-state index in [9.17, 15) is 19.8 Å². The highest BCUT2D eigenvalue weighted by atomic mass is 16.5. The molecule has 6 heteroatoms. The van der Waals surface area contributed by atoms with Crippen LogP contribution in [0, 0.1) is 0 Å². The van der Waals surface area contributed by atoms with E-state index in [0.29, 0.717) is 19.4 Å². The third kappa shape index (κ3) is 70.9. The third-order valence-corrected chi connectivity index (χ3v) is 18.1. The fourth-order valence-corrected chi connectivity index (χ4v) is 12.1. The van der Waals surface area contributed by atoms with E-state index in [2.05, 4.69) is 55.6 Å². The molecule has 0 aliphatic carbocycles. The van der Waals surface area contributed by atoms with Gasteiger partial charge in [-0.3, -0.25) is 9.59 Å². The highest BCUT2D eigenvalue weighted by molar-refractivity contribution is 5.76. The summed E-state index contributed by atoms with van der Waals surface area (Å²) in [5.41, 5.74) is 0. The number of unbranched alkanes of at least 4 members (excludes halogenated alkanes) is 56. The molecule has 0 aliphatic heterocycles. The molecule has 86 heavy (non-hydrogen) atoms. The molecule has 1 amide bonds. The first-order chi connectivity index (χ1) is 42.5. The van der Waals surface area contributed by atoms with Crippen molar-refractivity contribution in [2.24, 2.45) is 0 Å². The van der Waals surface area contributed by atoms with Crippen molar-refractivity contribution in [3.8, 4) is 0 Å². The largest absolute Gasteiger partial charge is 0.466 e.